The molecule has 1 aromatic carbocycles. The molecule has 2 amide bonds. The third-order valence-corrected chi connectivity index (χ3v) is 4.74. The fraction of sp³-hybridized carbons (Fsp3) is 0.385. The number of carboxylic acids is 1. The van der Waals surface area contributed by atoms with Crippen molar-refractivity contribution in [3.63, 3.8) is 0 Å². The number of urea groups is 1. The lowest BCUT2D eigenvalue weighted by Gasteiger charge is -2.22. The summed E-state index contributed by atoms with van der Waals surface area (Å²) in [4.78, 5) is 23.1. The van der Waals surface area contributed by atoms with Crippen molar-refractivity contribution in [1.29, 1.82) is 0 Å². The number of rotatable bonds is 3. The third-order valence-electron chi connectivity index (χ3n) is 3.02. The number of nitrogens with one attached hydrogen (secondary N) is 2. The average Bonchev–Trinajstić information content (AvgIpc) is 2.41. The van der Waals surface area contributed by atoms with Crippen LogP contribution < -0.4 is 10.6 Å². The highest BCUT2D eigenvalue weighted by Gasteiger charge is 2.17. The summed E-state index contributed by atoms with van der Waals surface area (Å²) in [5.74, 6) is 1.05. The second-order valence-electron chi connectivity index (χ2n) is 4.48. The first-order valence-electron chi connectivity index (χ1n) is 6.24. The molecule has 1 aliphatic heterocycles. The summed E-state index contributed by atoms with van der Waals surface area (Å²) >= 11 is 3.93. The van der Waals surface area contributed by atoms with Crippen LogP contribution in [0.2, 0.25) is 0 Å². The van der Waals surface area contributed by atoms with Crippen LogP contribution in [-0.4, -0.2) is 34.7 Å². The van der Waals surface area contributed by atoms with Crippen LogP contribution in [0, 0.1) is 3.57 Å². The van der Waals surface area contributed by atoms with Crippen molar-refractivity contribution in [1.82, 2.24) is 5.32 Å². The second-order valence-corrected chi connectivity index (χ2v) is 6.95. The van der Waals surface area contributed by atoms with Gasteiger partial charge in [-0.3, -0.25) is 0 Å². The largest absolute Gasteiger partial charge is 0.478 e. The quantitative estimate of drug-likeness (QED) is 0.675. The number of carbonyl (C=O) groups excluding carboxylic acids is 1. The van der Waals surface area contributed by atoms with Crippen molar-refractivity contribution in [2.75, 3.05) is 16.8 Å². The molecule has 20 heavy (non-hydrogen) atoms. The molecule has 1 aromatic rings. The monoisotopic (exact) mass is 406 g/mol. The molecule has 1 fully saturated rings. The lowest BCUT2D eigenvalue weighted by molar-refractivity contribution is 0.0698. The molecule has 0 saturated carbocycles. The molecule has 3 N–H and O–H groups in total. The van der Waals surface area contributed by atoms with E-state index in [0.717, 1.165) is 27.9 Å². The zero-order valence-corrected chi connectivity index (χ0v) is 13.7. The number of thioether (sulfide) groups is 1. The van der Waals surface area contributed by atoms with Gasteiger partial charge >= 0.3 is 12.0 Å². The van der Waals surface area contributed by atoms with Crippen LogP contribution in [0.1, 0.15) is 23.2 Å². The van der Waals surface area contributed by atoms with E-state index in [1.54, 1.807) is 12.1 Å². The molecular weight excluding hydrogens is 391 g/mol. The van der Waals surface area contributed by atoms with E-state index in [1.807, 2.05) is 34.4 Å². The van der Waals surface area contributed by atoms with E-state index < -0.39 is 5.97 Å². The highest BCUT2D eigenvalue weighted by molar-refractivity contribution is 14.1. The Hall–Kier alpha value is -0.960. The maximum atomic E-state index is 11.9. The van der Waals surface area contributed by atoms with E-state index in [0.29, 0.717) is 5.69 Å². The van der Waals surface area contributed by atoms with Gasteiger partial charge in [0.2, 0.25) is 0 Å². The molecule has 2 rings (SSSR count). The van der Waals surface area contributed by atoms with Crippen LogP contribution in [0.4, 0.5) is 10.5 Å². The lowest BCUT2D eigenvalue weighted by Crippen LogP contribution is -2.40. The minimum Gasteiger partial charge on any atom is -0.478 e. The molecule has 0 aliphatic carbocycles. The number of hydrogen-bond donors (Lipinski definition) is 3. The Morgan fingerprint density at radius 2 is 2.00 bits per heavy atom. The van der Waals surface area contributed by atoms with Gasteiger partial charge in [0.15, 0.2) is 0 Å². The zero-order chi connectivity index (χ0) is 14.5. The minimum absolute atomic E-state index is 0.103. The van der Waals surface area contributed by atoms with Crippen molar-refractivity contribution in [2.45, 2.75) is 18.9 Å². The van der Waals surface area contributed by atoms with E-state index >= 15 is 0 Å². The maximum Gasteiger partial charge on any atom is 0.337 e. The molecule has 0 unspecified atom stereocenters. The van der Waals surface area contributed by atoms with Gasteiger partial charge in [0.05, 0.1) is 11.3 Å². The topological polar surface area (TPSA) is 78.4 Å². The van der Waals surface area contributed by atoms with Crippen molar-refractivity contribution in [3.05, 3.63) is 27.3 Å². The Morgan fingerprint density at radius 3 is 2.65 bits per heavy atom. The number of hydrogen-bond acceptors (Lipinski definition) is 3. The summed E-state index contributed by atoms with van der Waals surface area (Å²) in [6.45, 7) is 0. The van der Waals surface area contributed by atoms with Gasteiger partial charge in [-0.2, -0.15) is 11.8 Å². The normalized spacial score (nSPS) is 15.7. The summed E-state index contributed by atoms with van der Waals surface area (Å²) < 4.78 is 0.815. The molecule has 5 nitrogen and oxygen atoms in total. The van der Waals surface area contributed by atoms with Gasteiger partial charge in [0.1, 0.15) is 0 Å². The van der Waals surface area contributed by atoms with E-state index in [9.17, 15) is 9.59 Å². The van der Waals surface area contributed by atoms with Gasteiger partial charge in [-0.1, -0.05) is 0 Å². The number of anilines is 1. The van der Waals surface area contributed by atoms with E-state index in [-0.39, 0.29) is 17.6 Å². The first kappa shape index (κ1) is 15.4. The van der Waals surface area contributed by atoms with Gasteiger partial charge < -0.3 is 15.7 Å². The highest BCUT2D eigenvalue weighted by atomic mass is 127. The highest BCUT2D eigenvalue weighted by Crippen LogP contribution is 2.20. The Balaban J connectivity index is 2.01. The summed E-state index contributed by atoms with van der Waals surface area (Å²) in [5.41, 5.74) is 0.423. The molecule has 0 radical (unpaired) electrons. The Labute approximate surface area is 135 Å². The molecule has 1 saturated heterocycles. The van der Waals surface area contributed by atoms with Gasteiger partial charge in [-0.15, -0.1) is 0 Å². The van der Waals surface area contributed by atoms with Gasteiger partial charge in [-0.05, 0) is 65.1 Å². The third kappa shape index (κ3) is 4.27. The molecule has 0 atom stereocenters. The fourth-order valence-corrected chi connectivity index (χ4v) is 3.59. The number of aromatic carboxylic acids is 1. The minimum atomic E-state index is -1.05. The van der Waals surface area contributed by atoms with Crippen LogP contribution in [0.15, 0.2) is 18.2 Å². The zero-order valence-electron chi connectivity index (χ0n) is 10.7. The molecule has 0 spiro atoms. The number of amides is 2. The summed E-state index contributed by atoms with van der Waals surface area (Å²) in [6.07, 6.45) is 1.91. The first-order chi connectivity index (χ1) is 9.56. The molecule has 108 valence electrons. The average molecular weight is 406 g/mol. The van der Waals surface area contributed by atoms with Crippen LogP contribution in [-0.2, 0) is 0 Å². The molecule has 1 aliphatic rings. The van der Waals surface area contributed by atoms with E-state index in [4.69, 9.17) is 5.11 Å². The van der Waals surface area contributed by atoms with Crippen LogP contribution >= 0.6 is 34.4 Å². The van der Waals surface area contributed by atoms with Crippen LogP contribution in [0.3, 0.4) is 0 Å². The number of benzene rings is 1. The lowest BCUT2D eigenvalue weighted by atomic mass is 10.1. The Morgan fingerprint density at radius 1 is 1.30 bits per heavy atom. The van der Waals surface area contributed by atoms with Gasteiger partial charge in [-0.25, -0.2) is 9.59 Å². The van der Waals surface area contributed by atoms with Crippen molar-refractivity contribution in [3.8, 4) is 0 Å². The van der Waals surface area contributed by atoms with Crippen LogP contribution in [0.5, 0.6) is 0 Å². The Bertz CT molecular complexity index is 518. The number of halogens is 1. The first-order valence-corrected chi connectivity index (χ1v) is 8.47. The number of carboxylic acid groups (broad SMARTS) is 1. The SMILES string of the molecule is O=C(Nc1ccc(I)cc1C(=O)O)NC1CCSCC1. The van der Waals surface area contributed by atoms with E-state index in [1.165, 1.54) is 6.07 Å². The van der Waals surface area contributed by atoms with Crippen molar-refractivity contribution in [2.24, 2.45) is 0 Å². The molecule has 0 aromatic heterocycles. The van der Waals surface area contributed by atoms with Crippen LogP contribution in [0.25, 0.3) is 0 Å². The summed E-state index contributed by atoms with van der Waals surface area (Å²) in [6, 6.07) is 4.75. The Kier molecular flexibility index (Phi) is 5.53. The molecule has 1 heterocycles. The van der Waals surface area contributed by atoms with E-state index in [2.05, 4.69) is 10.6 Å². The molecule has 0 bridgehead atoms. The van der Waals surface area contributed by atoms with Crippen molar-refractivity contribution >= 4 is 52.0 Å². The summed E-state index contributed by atoms with van der Waals surface area (Å²) in [5, 5.41) is 14.7. The summed E-state index contributed by atoms with van der Waals surface area (Å²) in [7, 11) is 0. The van der Waals surface area contributed by atoms with Gasteiger partial charge in [0, 0.05) is 9.61 Å². The smallest absolute Gasteiger partial charge is 0.337 e. The predicted molar refractivity (Wildman–Crippen MR) is 88.6 cm³/mol. The second kappa shape index (κ2) is 7.16. The predicted octanol–water partition coefficient (Wildman–Crippen LogP) is 3.01. The van der Waals surface area contributed by atoms with Gasteiger partial charge in [0.25, 0.3) is 0 Å². The maximum absolute atomic E-state index is 11.9. The molecular formula is C13H15IN2O3S. The molecule has 7 heteroatoms. The fourth-order valence-electron chi connectivity index (χ4n) is 1.99. The number of carbonyl (C=O) groups is 2. The van der Waals surface area contributed by atoms with Crippen molar-refractivity contribution < 1.29 is 14.7 Å². The standard InChI is InChI=1S/C13H15IN2O3S/c14-8-1-2-11(10(7-8)12(17)18)16-13(19)15-9-3-5-20-6-4-9/h1-2,7,9H,3-6H2,(H,17,18)(H2,15,16,19).